The fourth-order valence-electron chi connectivity index (χ4n) is 1.87. The van der Waals surface area contributed by atoms with Crippen molar-refractivity contribution in [2.75, 3.05) is 0 Å². The van der Waals surface area contributed by atoms with Gasteiger partial charge < -0.3 is 14.8 Å². The Kier molecular flexibility index (Phi) is 4.18. The minimum absolute atomic E-state index is 0.0137. The molecule has 0 spiro atoms. The summed E-state index contributed by atoms with van der Waals surface area (Å²) in [7, 11) is 0. The maximum atomic E-state index is 10.9. The number of benzene rings is 1. The quantitative estimate of drug-likeness (QED) is 0.871. The lowest BCUT2D eigenvalue weighted by Crippen LogP contribution is -2.12. The van der Waals surface area contributed by atoms with Crippen molar-refractivity contribution in [3.63, 3.8) is 0 Å². The Morgan fingerprint density at radius 3 is 2.60 bits per heavy atom. The first-order chi connectivity index (χ1) is 9.60. The Bertz CT molecular complexity index is 651. The molecule has 0 aliphatic rings. The highest BCUT2D eigenvalue weighted by Crippen LogP contribution is 2.14. The monoisotopic (exact) mass is 270 g/mol. The zero-order valence-electron chi connectivity index (χ0n) is 11.0. The van der Waals surface area contributed by atoms with Crippen molar-refractivity contribution in [2.45, 2.75) is 20.0 Å². The van der Waals surface area contributed by atoms with Crippen LogP contribution in [-0.4, -0.2) is 11.1 Å². The van der Waals surface area contributed by atoms with Gasteiger partial charge in [-0.2, -0.15) is 5.26 Å². The minimum Gasteiger partial charge on any atom is -0.475 e. The van der Waals surface area contributed by atoms with Gasteiger partial charge in [-0.3, -0.25) is 0 Å². The molecule has 0 unspecified atom stereocenters. The van der Waals surface area contributed by atoms with E-state index in [2.05, 4.69) is 11.4 Å². The first-order valence-corrected chi connectivity index (χ1v) is 6.12. The number of aromatic carboxylic acids is 1. The summed E-state index contributed by atoms with van der Waals surface area (Å²) in [5, 5.41) is 20.8. The molecule has 0 bridgehead atoms. The molecule has 20 heavy (non-hydrogen) atoms. The number of hydrogen-bond donors (Lipinski definition) is 2. The molecule has 1 heterocycles. The number of carbonyl (C=O) groups is 1. The highest BCUT2D eigenvalue weighted by Gasteiger charge is 2.13. The fourth-order valence-corrected chi connectivity index (χ4v) is 1.87. The maximum absolute atomic E-state index is 10.9. The number of nitrogens with zero attached hydrogens (tertiary/aromatic N) is 1. The van der Waals surface area contributed by atoms with Crippen LogP contribution in [0.5, 0.6) is 0 Å². The molecule has 0 saturated carbocycles. The highest BCUT2D eigenvalue weighted by atomic mass is 16.4. The van der Waals surface area contributed by atoms with E-state index in [1.807, 2.05) is 12.1 Å². The molecule has 5 nitrogen and oxygen atoms in total. The Labute approximate surface area is 116 Å². The molecule has 0 saturated heterocycles. The molecule has 0 fully saturated rings. The largest absolute Gasteiger partial charge is 0.475 e. The molecule has 0 aliphatic heterocycles. The molecule has 0 aliphatic carbocycles. The predicted octanol–water partition coefficient (Wildman–Crippen LogP) is 2.45. The van der Waals surface area contributed by atoms with Crippen molar-refractivity contribution >= 4 is 5.97 Å². The van der Waals surface area contributed by atoms with Crippen molar-refractivity contribution in [1.29, 1.82) is 5.26 Å². The molecular formula is C15H14N2O3. The Morgan fingerprint density at radius 2 is 2.05 bits per heavy atom. The number of aryl methyl sites for hydroxylation is 1. The van der Waals surface area contributed by atoms with E-state index in [4.69, 9.17) is 14.8 Å². The van der Waals surface area contributed by atoms with E-state index in [-0.39, 0.29) is 5.76 Å². The molecule has 2 aromatic rings. The average Bonchev–Trinajstić information content (AvgIpc) is 2.81. The molecule has 1 aromatic heterocycles. The molecule has 0 radical (unpaired) electrons. The zero-order chi connectivity index (χ0) is 14.5. The highest BCUT2D eigenvalue weighted by molar-refractivity contribution is 5.86. The molecule has 0 atom stereocenters. The van der Waals surface area contributed by atoms with Crippen molar-refractivity contribution in [3.8, 4) is 6.07 Å². The number of nitrogens with one attached hydrogen (secondary N) is 1. The fraction of sp³-hybridized carbons (Fsp3) is 0.200. The molecule has 2 N–H and O–H groups in total. The summed E-state index contributed by atoms with van der Waals surface area (Å²) in [6.07, 6.45) is 0. The van der Waals surface area contributed by atoms with E-state index in [1.165, 1.54) is 0 Å². The average molecular weight is 270 g/mol. The van der Waals surface area contributed by atoms with E-state index in [0.717, 1.165) is 5.56 Å². The molecule has 5 heteroatoms. The number of furan rings is 1. The summed E-state index contributed by atoms with van der Waals surface area (Å²) < 4.78 is 5.25. The number of nitriles is 1. The third-order valence-corrected chi connectivity index (χ3v) is 2.87. The Hall–Kier alpha value is -2.58. The van der Waals surface area contributed by atoms with E-state index in [1.54, 1.807) is 25.1 Å². The predicted molar refractivity (Wildman–Crippen MR) is 72.1 cm³/mol. The first-order valence-electron chi connectivity index (χ1n) is 6.12. The second kappa shape index (κ2) is 6.04. The molecule has 0 amide bonds. The Morgan fingerprint density at radius 1 is 1.35 bits per heavy atom. The summed E-state index contributed by atoms with van der Waals surface area (Å²) in [6.45, 7) is 2.78. The first kappa shape index (κ1) is 13.8. The summed E-state index contributed by atoms with van der Waals surface area (Å²) in [6, 6.07) is 11.1. The van der Waals surface area contributed by atoms with Gasteiger partial charge in [-0.15, -0.1) is 0 Å². The van der Waals surface area contributed by atoms with Crippen molar-refractivity contribution in [1.82, 2.24) is 5.32 Å². The number of hydrogen-bond acceptors (Lipinski definition) is 4. The summed E-state index contributed by atoms with van der Waals surface area (Å²) >= 11 is 0. The van der Waals surface area contributed by atoms with Crippen LogP contribution in [0.4, 0.5) is 0 Å². The van der Waals surface area contributed by atoms with Crippen molar-refractivity contribution < 1.29 is 14.3 Å². The van der Waals surface area contributed by atoms with Crippen LogP contribution in [0.2, 0.25) is 0 Å². The molecule has 2 rings (SSSR count). The van der Waals surface area contributed by atoms with Crippen LogP contribution in [0.25, 0.3) is 0 Å². The SMILES string of the molecule is Cc1cc(CNCc2ccc(C#N)cc2)oc1C(=O)O. The lowest BCUT2D eigenvalue weighted by Gasteiger charge is -2.03. The second-order valence-electron chi connectivity index (χ2n) is 4.44. The van der Waals surface area contributed by atoms with Gasteiger partial charge in [-0.25, -0.2) is 4.79 Å². The lowest BCUT2D eigenvalue weighted by atomic mass is 10.1. The summed E-state index contributed by atoms with van der Waals surface area (Å²) in [4.78, 5) is 10.9. The number of rotatable bonds is 5. The normalized spacial score (nSPS) is 10.2. The third kappa shape index (κ3) is 3.25. The van der Waals surface area contributed by atoms with Crippen molar-refractivity contribution in [3.05, 3.63) is 58.5 Å². The molecule has 1 aromatic carbocycles. The van der Waals surface area contributed by atoms with Crippen LogP contribution < -0.4 is 5.32 Å². The van der Waals surface area contributed by atoms with Gasteiger partial charge in [0.15, 0.2) is 0 Å². The van der Waals surface area contributed by atoms with E-state index in [9.17, 15) is 4.79 Å². The van der Waals surface area contributed by atoms with Crippen LogP contribution in [-0.2, 0) is 13.1 Å². The third-order valence-electron chi connectivity index (χ3n) is 2.87. The minimum atomic E-state index is -1.05. The van der Waals surface area contributed by atoms with E-state index in [0.29, 0.717) is 30.0 Å². The van der Waals surface area contributed by atoms with Crippen LogP contribution in [0.1, 0.15) is 33.0 Å². The van der Waals surface area contributed by atoms with Gasteiger partial charge in [0, 0.05) is 12.1 Å². The van der Waals surface area contributed by atoms with Gasteiger partial charge in [0.2, 0.25) is 5.76 Å². The van der Waals surface area contributed by atoms with Gasteiger partial charge in [-0.1, -0.05) is 12.1 Å². The maximum Gasteiger partial charge on any atom is 0.372 e. The van der Waals surface area contributed by atoms with E-state index >= 15 is 0 Å². The van der Waals surface area contributed by atoms with Gasteiger partial charge in [0.05, 0.1) is 18.2 Å². The smallest absolute Gasteiger partial charge is 0.372 e. The standard InChI is InChI=1S/C15H14N2O3/c1-10-6-13(20-14(10)15(18)19)9-17-8-12-4-2-11(7-16)3-5-12/h2-6,17H,8-9H2,1H3,(H,18,19). The Balaban J connectivity index is 1.91. The summed E-state index contributed by atoms with van der Waals surface area (Å²) in [5.74, 6) is -0.477. The van der Waals surface area contributed by atoms with Gasteiger partial charge in [0.1, 0.15) is 5.76 Å². The second-order valence-corrected chi connectivity index (χ2v) is 4.44. The molecule has 102 valence electrons. The number of carboxylic acids is 1. The molecular weight excluding hydrogens is 256 g/mol. The van der Waals surface area contributed by atoms with Crippen molar-refractivity contribution in [2.24, 2.45) is 0 Å². The van der Waals surface area contributed by atoms with Gasteiger partial charge >= 0.3 is 5.97 Å². The van der Waals surface area contributed by atoms with Crippen LogP contribution in [0.15, 0.2) is 34.7 Å². The lowest BCUT2D eigenvalue weighted by molar-refractivity contribution is 0.0659. The van der Waals surface area contributed by atoms with Crippen LogP contribution in [0, 0.1) is 18.3 Å². The van der Waals surface area contributed by atoms with Gasteiger partial charge in [-0.05, 0) is 30.7 Å². The topological polar surface area (TPSA) is 86.3 Å². The van der Waals surface area contributed by atoms with Crippen LogP contribution in [0.3, 0.4) is 0 Å². The zero-order valence-corrected chi connectivity index (χ0v) is 11.0. The summed E-state index contributed by atoms with van der Waals surface area (Å²) in [5.41, 5.74) is 2.29. The number of carboxylic acid groups (broad SMARTS) is 1. The van der Waals surface area contributed by atoms with Gasteiger partial charge in [0.25, 0.3) is 0 Å². The van der Waals surface area contributed by atoms with E-state index < -0.39 is 5.97 Å². The van der Waals surface area contributed by atoms with Crippen LogP contribution >= 0.6 is 0 Å².